The van der Waals surface area contributed by atoms with Crippen LogP contribution >= 0.6 is 11.3 Å². The highest BCUT2D eigenvalue weighted by molar-refractivity contribution is 7.10. The van der Waals surface area contributed by atoms with Crippen LogP contribution in [0, 0.1) is 12.8 Å². The molecule has 6 nitrogen and oxygen atoms in total. The lowest BCUT2D eigenvalue weighted by Gasteiger charge is -2.40. The zero-order valence-electron chi connectivity index (χ0n) is 21.3. The maximum Gasteiger partial charge on any atom is 0.336 e. The predicted octanol–water partition coefficient (Wildman–Crippen LogP) is 5.55. The van der Waals surface area contributed by atoms with Crippen LogP contribution in [0.25, 0.3) is 0 Å². The highest BCUT2D eigenvalue weighted by atomic mass is 32.1. The van der Waals surface area contributed by atoms with Crippen molar-refractivity contribution in [2.24, 2.45) is 5.92 Å². The topological polar surface area (TPSA) is 81.7 Å². The lowest BCUT2D eigenvalue weighted by molar-refractivity contribution is -0.152. The van der Waals surface area contributed by atoms with Crippen molar-refractivity contribution in [3.8, 4) is 0 Å². The molecule has 1 N–H and O–H groups in total. The van der Waals surface area contributed by atoms with E-state index in [1.165, 1.54) is 11.3 Å². The van der Waals surface area contributed by atoms with Gasteiger partial charge in [0.2, 0.25) is 0 Å². The summed E-state index contributed by atoms with van der Waals surface area (Å²) in [7, 11) is 0. The van der Waals surface area contributed by atoms with E-state index < -0.39 is 23.8 Å². The van der Waals surface area contributed by atoms with Gasteiger partial charge in [0, 0.05) is 33.7 Å². The largest absolute Gasteiger partial charge is 0.465 e. The zero-order chi connectivity index (χ0) is 25.8. The van der Waals surface area contributed by atoms with E-state index in [4.69, 9.17) is 9.47 Å². The third-order valence-corrected chi connectivity index (χ3v) is 7.85. The Morgan fingerprint density at radius 3 is 2.44 bits per heavy atom. The number of thiophene rings is 1. The molecule has 0 bridgehead atoms. The summed E-state index contributed by atoms with van der Waals surface area (Å²) in [5, 5.41) is 5.42. The van der Waals surface area contributed by atoms with Crippen molar-refractivity contribution in [2.75, 3.05) is 13.2 Å². The van der Waals surface area contributed by atoms with E-state index in [1.54, 1.807) is 13.8 Å². The predicted molar refractivity (Wildman–Crippen MR) is 139 cm³/mol. The molecule has 1 aromatic heterocycles. The Balaban J connectivity index is 1.94. The summed E-state index contributed by atoms with van der Waals surface area (Å²) in [6, 6.07) is 11.7. The van der Waals surface area contributed by atoms with Crippen molar-refractivity contribution >= 4 is 29.1 Å². The number of Topliss-reactive ketones (excluding diaryl/α,β-unsaturated/α-hetero) is 1. The Bertz CT molecular complexity index is 1210. The minimum absolute atomic E-state index is 0.194. The van der Waals surface area contributed by atoms with Crippen molar-refractivity contribution in [1.29, 1.82) is 0 Å². The Hall–Kier alpha value is -3.19. The quantitative estimate of drug-likeness (QED) is 0.373. The molecule has 0 amide bonds. The SMILES string of the molecule is CCCC1=C(C(=O)OCC)[C@@H](c2ccccc2C)C2=C(C[C@@H](c3cccs3)[C@H](C(=O)OCC)C2=O)N1. The fourth-order valence-corrected chi connectivity index (χ4v) is 6.20. The van der Waals surface area contributed by atoms with E-state index in [0.29, 0.717) is 24.0 Å². The number of allylic oxidation sites excluding steroid dienone is 3. The molecule has 1 aliphatic heterocycles. The van der Waals surface area contributed by atoms with Crippen LogP contribution in [-0.4, -0.2) is 30.9 Å². The van der Waals surface area contributed by atoms with Crippen LogP contribution in [0.15, 0.2) is 64.3 Å². The second-order valence-corrected chi connectivity index (χ2v) is 10.1. The molecule has 2 heterocycles. The molecular formula is C29H33NO5S. The molecule has 0 fully saturated rings. The third-order valence-electron chi connectivity index (χ3n) is 6.85. The Morgan fingerprint density at radius 2 is 1.81 bits per heavy atom. The monoisotopic (exact) mass is 507 g/mol. The molecule has 0 saturated carbocycles. The zero-order valence-corrected chi connectivity index (χ0v) is 22.1. The van der Waals surface area contributed by atoms with Crippen LogP contribution in [0.4, 0.5) is 0 Å². The lowest BCUT2D eigenvalue weighted by atomic mass is 9.67. The second-order valence-electron chi connectivity index (χ2n) is 9.09. The van der Waals surface area contributed by atoms with Gasteiger partial charge in [0.15, 0.2) is 5.78 Å². The van der Waals surface area contributed by atoms with E-state index in [0.717, 1.165) is 33.8 Å². The number of benzene rings is 1. The fraction of sp³-hybridized carbons (Fsp3) is 0.414. The lowest BCUT2D eigenvalue weighted by Crippen LogP contribution is -2.43. The Morgan fingerprint density at radius 1 is 1.06 bits per heavy atom. The number of hydrogen-bond acceptors (Lipinski definition) is 7. The third kappa shape index (κ3) is 4.76. The maximum absolute atomic E-state index is 14.3. The van der Waals surface area contributed by atoms with Gasteiger partial charge in [-0.3, -0.25) is 9.59 Å². The number of aryl methyl sites for hydroxylation is 1. The molecule has 1 aliphatic carbocycles. The standard InChI is InChI=1S/C29H33NO5S/c1-5-11-20-26(29(33)35-7-3)23(18-13-9-8-12-17(18)4)25-21(30-20)16-19(22-14-10-15-36-22)24(27(25)31)28(32)34-6-2/h8-10,12-15,19,23-24,30H,5-7,11,16H2,1-4H3/t19-,23-,24-/m0/s1. The van der Waals surface area contributed by atoms with Crippen molar-refractivity contribution in [3.63, 3.8) is 0 Å². The van der Waals surface area contributed by atoms with Gasteiger partial charge in [0.25, 0.3) is 0 Å². The molecule has 0 unspecified atom stereocenters. The molecule has 1 aromatic carbocycles. The summed E-state index contributed by atoms with van der Waals surface area (Å²) in [5.74, 6) is -3.15. The maximum atomic E-state index is 14.3. The van der Waals surface area contributed by atoms with Crippen LogP contribution in [-0.2, 0) is 23.9 Å². The Kier molecular flexibility index (Phi) is 8.09. The van der Waals surface area contributed by atoms with E-state index in [-0.39, 0.29) is 24.9 Å². The first-order chi connectivity index (χ1) is 17.4. The van der Waals surface area contributed by atoms with E-state index in [2.05, 4.69) is 12.2 Å². The van der Waals surface area contributed by atoms with Crippen LogP contribution in [0.2, 0.25) is 0 Å². The van der Waals surface area contributed by atoms with Crippen LogP contribution in [0.3, 0.4) is 0 Å². The highest BCUT2D eigenvalue weighted by Gasteiger charge is 2.49. The van der Waals surface area contributed by atoms with Gasteiger partial charge in [-0.15, -0.1) is 11.3 Å². The number of dihydropyridines is 1. The summed E-state index contributed by atoms with van der Waals surface area (Å²) < 4.78 is 10.9. The van der Waals surface area contributed by atoms with Crippen LogP contribution < -0.4 is 5.32 Å². The first-order valence-electron chi connectivity index (χ1n) is 12.6. The molecule has 3 atom stereocenters. The number of ether oxygens (including phenoxy) is 2. The number of carbonyl (C=O) groups excluding carboxylic acids is 3. The van der Waals surface area contributed by atoms with Crippen LogP contribution in [0.1, 0.15) is 67.9 Å². The number of nitrogens with one attached hydrogen (secondary N) is 1. The number of hydrogen-bond donors (Lipinski definition) is 1. The summed E-state index contributed by atoms with van der Waals surface area (Å²) >= 11 is 1.54. The number of ketones is 1. The molecule has 7 heteroatoms. The smallest absolute Gasteiger partial charge is 0.336 e. The van der Waals surface area contributed by atoms with Gasteiger partial charge >= 0.3 is 11.9 Å². The molecule has 2 aliphatic rings. The number of rotatable bonds is 8. The number of carbonyl (C=O) groups is 3. The summed E-state index contributed by atoms with van der Waals surface area (Å²) in [5.41, 5.74) is 4.33. The van der Waals surface area contributed by atoms with Crippen molar-refractivity contribution < 1.29 is 23.9 Å². The summed E-state index contributed by atoms with van der Waals surface area (Å²) in [6.45, 7) is 7.97. The van der Waals surface area contributed by atoms with Crippen LogP contribution in [0.5, 0.6) is 0 Å². The van der Waals surface area contributed by atoms with Gasteiger partial charge in [-0.2, -0.15) is 0 Å². The van der Waals surface area contributed by atoms with Gasteiger partial charge in [-0.25, -0.2) is 4.79 Å². The highest BCUT2D eigenvalue weighted by Crippen LogP contribution is 2.49. The van der Waals surface area contributed by atoms with Gasteiger partial charge in [0.1, 0.15) is 5.92 Å². The van der Waals surface area contributed by atoms with Crippen molar-refractivity contribution in [1.82, 2.24) is 5.32 Å². The summed E-state index contributed by atoms with van der Waals surface area (Å²) in [6.07, 6.45) is 1.95. The molecule has 0 saturated heterocycles. The van der Waals surface area contributed by atoms with Gasteiger partial charge < -0.3 is 14.8 Å². The average molecular weight is 508 g/mol. The molecule has 0 spiro atoms. The minimum atomic E-state index is -0.966. The first-order valence-corrected chi connectivity index (χ1v) is 13.5. The van der Waals surface area contributed by atoms with Crippen molar-refractivity contribution in [2.45, 2.75) is 58.8 Å². The normalized spacial score (nSPS) is 21.7. The summed E-state index contributed by atoms with van der Waals surface area (Å²) in [4.78, 5) is 41.9. The van der Waals surface area contributed by atoms with Gasteiger partial charge in [-0.1, -0.05) is 43.7 Å². The molecule has 36 heavy (non-hydrogen) atoms. The van der Waals surface area contributed by atoms with E-state index in [1.807, 2.05) is 48.7 Å². The minimum Gasteiger partial charge on any atom is -0.465 e. The van der Waals surface area contributed by atoms with Gasteiger partial charge in [-0.05, 0) is 56.2 Å². The fourth-order valence-electron chi connectivity index (χ4n) is 5.34. The molecule has 190 valence electrons. The molecule has 4 rings (SSSR count). The average Bonchev–Trinajstić information content (AvgIpc) is 3.39. The van der Waals surface area contributed by atoms with E-state index in [9.17, 15) is 14.4 Å². The van der Waals surface area contributed by atoms with E-state index >= 15 is 0 Å². The second kappa shape index (κ2) is 11.2. The molecular weight excluding hydrogens is 474 g/mol. The Labute approximate surface area is 216 Å². The van der Waals surface area contributed by atoms with Crippen molar-refractivity contribution in [3.05, 3.63) is 80.3 Å². The van der Waals surface area contributed by atoms with Gasteiger partial charge in [0.05, 0.1) is 18.8 Å². The molecule has 0 radical (unpaired) electrons. The molecule has 2 aromatic rings. The number of esters is 2. The first kappa shape index (κ1) is 25.9.